The summed E-state index contributed by atoms with van der Waals surface area (Å²) in [7, 11) is 0. The van der Waals surface area contributed by atoms with E-state index in [1.807, 2.05) is 30.9 Å². The van der Waals surface area contributed by atoms with Gasteiger partial charge in [-0.15, -0.1) is 179 Å². The summed E-state index contributed by atoms with van der Waals surface area (Å²) >= 11 is 0. The van der Waals surface area contributed by atoms with Gasteiger partial charge in [0.05, 0.1) is 6.33 Å². The third-order valence-corrected chi connectivity index (χ3v) is 25.5. The van der Waals surface area contributed by atoms with Gasteiger partial charge in [-0.1, -0.05) is 320 Å². The van der Waals surface area contributed by atoms with Crippen LogP contribution in [0.1, 0.15) is 124 Å². The molecule has 5 heterocycles. The molecule has 0 fully saturated rings. The van der Waals surface area contributed by atoms with Gasteiger partial charge in [0.25, 0.3) is 0 Å². The molecule has 0 aliphatic rings. The Morgan fingerprint density at radius 1 is 0.182 bits per heavy atom. The van der Waals surface area contributed by atoms with Gasteiger partial charge in [0.15, 0.2) is 0 Å². The third-order valence-electron chi connectivity index (χ3n) is 25.5. The fraction of sp³-hybridized carbons (Fsp3) is 0.129. The summed E-state index contributed by atoms with van der Waals surface area (Å²) in [5.74, 6) is 1.57. The quantitative estimate of drug-likeness (QED) is 0.0629. The molecule has 19 aromatic rings. The molecule has 0 bridgehead atoms. The molecule has 0 aliphatic heterocycles. The fourth-order valence-electron chi connectivity index (χ4n) is 18.5. The van der Waals surface area contributed by atoms with Crippen molar-refractivity contribution < 1.29 is 40.2 Å². The molecule has 0 aliphatic carbocycles. The molecular formula is C124H98Ir2N6. The molecule has 642 valence electrons. The molecule has 6 nitrogen and oxygen atoms in total. The van der Waals surface area contributed by atoms with Crippen molar-refractivity contribution in [2.75, 3.05) is 0 Å². The molecule has 8 heteroatoms. The van der Waals surface area contributed by atoms with E-state index in [2.05, 4.69) is 435 Å². The smallest absolute Gasteiger partial charge is 0.304 e. The summed E-state index contributed by atoms with van der Waals surface area (Å²) in [5, 5.41) is 0. The first kappa shape index (κ1) is 90.0. The first-order chi connectivity index (χ1) is 63.4. The molecule has 0 unspecified atom stereocenters. The van der Waals surface area contributed by atoms with Crippen LogP contribution in [0.15, 0.2) is 353 Å². The van der Waals surface area contributed by atoms with E-state index in [9.17, 15) is 0 Å². The van der Waals surface area contributed by atoms with Crippen molar-refractivity contribution in [1.82, 2.24) is 29.9 Å². The average Bonchev–Trinajstić information content (AvgIpc) is 0.767. The van der Waals surface area contributed by atoms with Gasteiger partial charge in [-0.3, -0.25) is 9.97 Å². The van der Waals surface area contributed by atoms with Crippen LogP contribution in [-0.4, -0.2) is 29.9 Å². The second-order valence-corrected chi connectivity index (χ2v) is 35.4. The van der Waals surface area contributed by atoms with E-state index in [4.69, 9.17) is 29.9 Å². The predicted molar refractivity (Wildman–Crippen MR) is 539 cm³/mol. The Labute approximate surface area is 805 Å². The Morgan fingerprint density at radius 3 is 0.485 bits per heavy atom. The zero-order valence-corrected chi connectivity index (χ0v) is 80.9. The largest absolute Gasteiger partial charge is 3.00 e. The number of rotatable bonds is 22. The number of benzene rings is 14. The van der Waals surface area contributed by atoms with Crippen molar-refractivity contribution in [1.29, 1.82) is 0 Å². The van der Waals surface area contributed by atoms with E-state index >= 15 is 0 Å². The number of hydrogen-bond donors (Lipinski definition) is 0. The molecule has 0 saturated carbocycles. The van der Waals surface area contributed by atoms with Gasteiger partial charge >= 0.3 is 40.2 Å². The zero-order chi connectivity index (χ0) is 89.2. The second-order valence-electron chi connectivity index (χ2n) is 35.4. The number of aryl methyl sites for hydroxylation is 4. The molecule has 0 N–H and O–H groups in total. The Kier molecular flexibility index (Phi) is 26.9. The predicted octanol–water partition coefficient (Wildman–Crippen LogP) is 32.6. The topological polar surface area (TPSA) is 77.3 Å². The van der Waals surface area contributed by atoms with E-state index in [1.54, 1.807) is 6.33 Å². The number of hydrogen-bond acceptors (Lipinski definition) is 6. The molecule has 0 spiro atoms. The van der Waals surface area contributed by atoms with Gasteiger partial charge < -0.3 is 19.9 Å². The van der Waals surface area contributed by atoms with Crippen molar-refractivity contribution in [2.45, 2.75) is 107 Å². The van der Waals surface area contributed by atoms with Crippen LogP contribution < -0.4 is 0 Å². The third kappa shape index (κ3) is 18.8. The molecule has 5 aromatic heterocycles. The fourth-order valence-corrected chi connectivity index (χ4v) is 18.5. The minimum Gasteiger partial charge on any atom is -0.304 e. The summed E-state index contributed by atoms with van der Waals surface area (Å²) in [5.41, 5.74) is 46.6. The van der Waals surface area contributed by atoms with Crippen molar-refractivity contribution in [3.63, 3.8) is 0 Å². The maximum Gasteiger partial charge on any atom is 3.00 e. The Hall–Kier alpha value is -13.9. The second kappa shape index (κ2) is 39.4. The number of pyridine rings is 4. The number of nitrogens with zero attached hydrogens (tertiary/aromatic N) is 6. The molecule has 0 radical (unpaired) electrons. The van der Waals surface area contributed by atoms with Crippen LogP contribution in [-0.2, 0) is 40.2 Å². The van der Waals surface area contributed by atoms with E-state index in [1.165, 1.54) is 44.5 Å². The summed E-state index contributed by atoms with van der Waals surface area (Å²) in [6.07, 6.45) is 9.72. The van der Waals surface area contributed by atoms with E-state index in [-0.39, 0.29) is 40.2 Å². The normalized spacial score (nSPS) is 11.3. The molecule has 14 aromatic carbocycles. The average molecular weight is 2060 g/mol. The zero-order valence-electron chi connectivity index (χ0n) is 76.1. The summed E-state index contributed by atoms with van der Waals surface area (Å²) in [6, 6.07) is 138. The van der Waals surface area contributed by atoms with E-state index in [0.717, 1.165) is 201 Å². The number of aromatic nitrogens is 6. The molecule has 0 atom stereocenters. The van der Waals surface area contributed by atoms with Crippen LogP contribution in [0.2, 0.25) is 0 Å². The Balaban J connectivity index is 0.00000608. The molecule has 19 rings (SSSR count). The first-order valence-electron chi connectivity index (χ1n) is 45.1. The first-order valence-corrected chi connectivity index (χ1v) is 45.1. The van der Waals surface area contributed by atoms with Crippen LogP contribution in [0.5, 0.6) is 0 Å². The monoisotopic (exact) mass is 2060 g/mol. The Morgan fingerprint density at radius 2 is 0.341 bits per heavy atom. The summed E-state index contributed by atoms with van der Waals surface area (Å²) in [6.45, 7) is 26.4. The van der Waals surface area contributed by atoms with Gasteiger partial charge in [-0.05, 0) is 211 Å². The summed E-state index contributed by atoms with van der Waals surface area (Å²) < 4.78 is 0. The summed E-state index contributed by atoms with van der Waals surface area (Å²) in [4.78, 5) is 29.4. The van der Waals surface area contributed by atoms with E-state index < -0.39 is 0 Å². The molecule has 132 heavy (non-hydrogen) atoms. The minimum atomic E-state index is 0. The maximum atomic E-state index is 4.91. The van der Waals surface area contributed by atoms with Crippen LogP contribution in [0.3, 0.4) is 0 Å². The molecular weight excluding hydrogens is 1960 g/mol. The van der Waals surface area contributed by atoms with Crippen LogP contribution in [0.25, 0.3) is 201 Å². The van der Waals surface area contributed by atoms with Crippen LogP contribution in [0, 0.1) is 64.1 Å². The van der Waals surface area contributed by atoms with Crippen molar-refractivity contribution >= 4 is 0 Å². The standard InChI is InChI=1S/C124H98N6.2Ir/c1-77(2)115-72-125-119(61-81(115)9)91-49-37-85(38-50-91)103-25-13-19-31-109(103)97-65-98(110-32-20-14-26-104(110)86-39-51-92(52-40-86)120-62-82(10)116(73-126-120)78(3)4)68-101(67-97)113-35-23-17-29-107(113)89-45-57-95(58-46-89)123-71-124(130-76-129-123)96-59-47-90(48-60-96)108-30-18-24-36-114(108)102-69-99(111-33-21-15-27-105(111)87-41-53-93(54-42-87)121-63-83(11)117(74-127-121)79(5)6)66-100(70-102)112-34-22-16-28-106(112)88-43-55-94(56-44-88)122-64-84(12)118(75-128-122)80(7)8;;/h13-49,51,53,55,57,59,61-80H,1-12H3;;/q-6;2*+3. The van der Waals surface area contributed by atoms with Gasteiger partial charge in [-0.25, -0.2) is 0 Å². The van der Waals surface area contributed by atoms with Gasteiger partial charge in [-0.2, -0.15) is 0 Å². The molecule has 0 saturated heterocycles. The Bertz CT molecular complexity index is 6650. The maximum absolute atomic E-state index is 4.91. The minimum absolute atomic E-state index is 0. The van der Waals surface area contributed by atoms with Crippen LogP contribution >= 0.6 is 0 Å². The van der Waals surface area contributed by atoms with Gasteiger partial charge in [0.1, 0.15) is 0 Å². The van der Waals surface area contributed by atoms with Crippen LogP contribution in [0.4, 0.5) is 0 Å². The van der Waals surface area contributed by atoms with Gasteiger partial charge in [0.2, 0.25) is 0 Å². The van der Waals surface area contributed by atoms with Crippen molar-refractivity contribution in [3.05, 3.63) is 434 Å². The van der Waals surface area contributed by atoms with Gasteiger partial charge in [0, 0.05) is 24.8 Å². The molecule has 0 amide bonds. The van der Waals surface area contributed by atoms with Crippen molar-refractivity contribution in [3.8, 4) is 201 Å². The SMILES string of the molecule is Cc1cc(-c2[c-]cc(-c3ccccc3-c3cc(-c4ccccc4-c4c[c-]c(-c5cc(-c6[c-]cc(-c7ccccc7-c7cc(-c8ccccc8-c8c[c-]c(-c9cc(C)c(C(C)C)cn9)cc8)cc(-c8ccccc8-c8c[c-]c(-c9cc(C)c(C(C)C)cn9)cc8)c7)cc6)ncn5)cc4)cc(-c4ccccc4-c4c[c-]c(-c5cc(C)c(C(C)C)cn5)cc4)c3)cc2)ncc1C(C)C.[Ir+3].[Ir+3]. The van der Waals surface area contributed by atoms with E-state index in [0.29, 0.717) is 23.7 Å². The van der Waals surface area contributed by atoms with Crippen molar-refractivity contribution in [2.24, 2.45) is 0 Å².